The zero-order chi connectivity index (χ0) is 44.0. The van der Waals surface area contributed by atoms with E-state index in [-0.39, 0.29) is 5.82 Å². The quantitative estimate of drug-likeness (QED) is 0.144. The molecule has 0 bridgehead atoms. The molecule has 3 aliphatic carbocycles. The zero-order valence-corrected chi connectivity index (χ0v) is 38.6. The van der Waals surface area contributed by atoms with Gasteiger partial charge in [-0.25, -0.2) is 13.2 Å². The molecule has 1 nitrogen and oxygen atoms in total. The number of halogens is 4. The Morgan fingerprint density at radius 1 is 0.475 bits per heavy atom. The highest BCUT2D eigenvalue weighted by Crippen LogP contribution is 2.41. The van der Waals surface area contributed by atoms with Gasteiger partial charge >= 0.3 is 0 Å². The number of aryl methyl sites for hydroxylation is 2. The molecule has 0 spiro atoms. The average molecular weight is 854 g/mol. The van der Waals surface area contributed by atoms with Crippen molar-refractivity contribution < 1.29 is 17.9 Å². The maximum atomic E-state index is 12.7. The summed E-state index contributed by atoms with van der Waals surface area (Å²) < 4.78 is 42.4. The van der Waals surface area contributed by atoms with Gasteiger partial charge in [-0.15, -0.1) is 0 Å². The van der Waals surface area contributed by atoms with Crippen molar-refractivity contribution in [2.24, 2.45) is 17.8 Å². The van der Waals surface area contributed by atoms with E-state index < -0.39 is 11.6 Å². The Morgan fingerprint density at radius 2 is 0.902 bits per heavy atom. The molecule has 0 radical (unpaired) electrons. The molecule has 0 aromatic heterocycles. The van der Waals surface area contributed by atoms with Crippen LogP contribution in [0.3, 0.4) is 0 Å². The molecule has 0 heterocycles. The number of ether oxygens (including phenoxy) is 1. The Morgan fingerprint density at radius 3 is 1.30 bits per heavy atom. The lowest BCUT2D eigenvalue weighted by molar-refractivity contribution is 0.414. The van der Waals surface area contributed by atoms with Crippen LogP contribution in [0.5, 0.6) is 5.75 Å². The van der Waals surface area contributed by atoms with E-state index >= 15 is 0 Å². The van der Waals surface area contributed by atoms with Crippen molar-refractivity contribution in [3.8, 4) is 5.75 Å². The Balaban J connectivity index is 0.000000169. The maximum Gasteiger partial charge on any atom is 0.159 e. The third-order valence-electron chi connectivity index (χ3n) is 13.3. The molecule has 5 aromatic carbocycles. The van der Waals surface area contributed by atoms with Crippen LogP contribution in [0.4, 0.5) is 13.2 Å². The third kappa shape index (κ3) is 17.0. The molecule has 0 N–H and O–H groups in total. The molecule has 330 valence electrons. The van der Waals surface area contributed by atoms with Crippen LogP contribution in [-0.2, 0) is 12.8 Å². The van der Waals surface area contributed by atoms with E-state index in [1.54, 1.807) is 30.9 Å². The fourth-order valence-electron chi connectivity index (χ4n) is 9.06. The standard InChI is InChI=1S/C13H17Cl.C13H17F.C13H18.C9H12O.C8H8F2/c2*1-2-10-3-4-12(9-10)11-5-7-13(14)8-6-11;1-2-11-8-9-13(10-11)12-6-4-3-5-7-12;1-3-8-4-6-9(10-2)7-5-8;1-2-6-3-4-7(9)8(10)5-6/h2*5-8,10,12H,2-4,9H2,1H3;3-7,11,13H,2,8-10H2,1H3;4-7H,3H2,1-2H3;3-5H,2H2,1H3. The molecule has 0 amide bonds. The van der Waals surface area contributed by atoms with Crippen LogP contribution in [0.25, 0.3) is 0 Å². The highest BCUT2D eigenvalue weighted by molar-refractivity contribution is 6.30. The number of benzene rings is 5. The van der Waals surface area contributed by atoms with Crippen molar-refractivity contribution in [1.29, 1.82) is 0 Å². The molecule has 6 unspecified atom stereocenters. The lowest BCUT2D eigenvalue weighted by atomic mass is 9.96. The molecule has 0 aliphatic heterocycles. The minimum Gasteiger partial charge on any atom is -0.497 e. The molecule has 6 atom stereocenters. The van der Waals surface area contributed by atoms with Crippen molar-refractivity contribution in [2.45, 2.75) is 142 Å². The SMILES string of the molecule is CCC1CCC(c2ccc(Cl)cc2)C1.CCC1CCC(c2ccc(F)cc2)C1.CCC1CCC(c2ccccc2)C1.CCc1ccc(F)c(F)c1.CCc1ccc(OC)cc1. The van der Waals surface area contributed by atoms with Gasteiger partial charge in [0, 0.05) is 5.02 Å². The summed E-state index contributed by atoms with van der Waals surface area (Å²) in [6, 6.07) is 38.5. The minimum atomic E-state index is -0.780. The van der Waals surface area contributed by atoms with E-state index in [0.717, 1.165) is 64.8 Å². The summed E-state index contributed by atoms with van der Waals surface area (Å²) >= 11 is 5.87. The van der Waals surface area contributed by atoms with Gasteiger partial charge < -0.3 is 4.74 Å². The second-order valence-corrected chi connectivity index (χ2v) is 17.6. The van der Waals surface area contributed by atoms with E-state index in [1.807, 2.05) is 43.3 Å². The molecule has 3 aliphatic rings. The van der Waals surface area contributed by atoms with Gasteiger partial charge in [0.2, 0.25) is 0 Å². The third-order valence-corrected chi connectivity index (χ3v) is 13.5. The van der Waals surface area contributed by atoms with Gasteiger partial charge in [0.1, 0.15) is 11.6 Å². The van der Waals surface area contributed by atoms with Crippen molar-refractivity contribution in [1.82, 2.24) is 0 Å². The number of methoxy groups -OCH3 is 1. The Hall–Kier alpha value is -4.02. The van der Waals surface area contributed by atoms with Crippen LogP contribution in [0.15, 0.2) is 121 Å². The summed E-state index contributed by atoms with van der Waals surface area (Å²) in [5, 5.41) is 0.846. The van der Waals surface area contributed by atoms with Crippen LogP contribution in [0.2, 0.25) is 5.02 Å². The largest absolute Gasteiger partial charge is 0.497 e. The van der Waals surface area contributed by atoms with E-state index in [4.69, 9.17) is 16.3 Å². The van der Waals surface area contributed by atoms with Crippen molar-refractivity contribution in [3.63, 3.8) is 0 Å². The van der Waals surface area contributed by atoms with E-state index in [9.17, 15) is 13.2 Å². The van der Waals surface area contributed by atoms with E-state index in [2.05, 4.69) is 82.3 Å². The normalized spacial score (nSPS) is 21.3. The Bertz CT molecular complexity index is 1820. The number of hydrogen-bond acceptors (Lipinski definition) is 1. The van der Waals surface area contributed by atoms with Crippen molar-refractivity contribution in [2.75, 3.05) is 7.11 Å². The molecule has 3 fully saturated rings. The first-order valence-electron chi connectivity index (χ1n) is 23.2. The first-order valence-corrected chi connectivity index (χ1v) is 23.6. The Kier molecular flexibility index (Phi) is 22.1. The van der Waals surface area contributed by atoms with Gasteiger partial charge in [-0.3, -0.25) is 0 Å². The second kappa shape index (κ2) is 27.1. The van der Waals surface area contributed by atoms with Crippen LogP contribution < -0.4 is 4.74 Å². The summed E-state index contributed by atoms with van der Waals surface area (Å²) in [6.45, 7) is 10.9. The molecular formula is C56H72ClF3O. The predicted molar refractivity (Wildman–Crippen MR) is 254 cm³/mol. The lowest BCUT2D eigenvalue weighted by Crippen LogP contribution is -1.94. The van der Waals surface area contributed by atoms with Gasteiger partial charge in [0.25, 0.3) is 0 Å². The van der Waals surface area contributed by atoms with E-state index in [1.165, 1.54) is 99.8 Å². The highest BCUT2D eigenvalue weighted by atomic mass is 35.5. The van der Waals surface area contributed by atoms with Crippen LogP contribution in [0.1, 0.15) is 157 Å². The summed E-state index contributed by atoms with van der Waals surface area (Å²) in [6.07, 6.45) is 18.1. The molecule has 61 heavy (non-hydrogen) atoms. The molecular weight excluding hydrogens is 781 g/mol. The first-order chi connectivity index (χ1) is 29.6. The van der Waals surface area contributed by atoms with Crippen LogP contribution >= 0.6 is 11.6 Å². The molecule has 5 heteroatoms. The van der Waals surface area contributed by atoms with Gasteiger partial charge in [-0.05, 0) is 182 Å². The Labute approximate surface area is 372 Å². The number of hydrogen-bond donors (Lipinski definition) is 0. The first kappa shape index (κ1) is 49.6. The molecule has 0 saturated heterocycles. The zero-order valence-electron chi connectivity index (χ0n) is 37.8. The van der Waals surface area contributed by atoms with Crippen molar-refractivity contribution >= 4 is 11.6 Å². The summed E-state index contributed by atoms with van der Waals surface area (Å²) in [7, 11) is 1.68. The second-order valence-electron chi connectivity index (χ2n) is 17.2. The monoisotopic (exact) mass is 853 g/mol. The number of rotatable bonds is 9. The fourth-order valence-corrected chi connectivity index (χ4v) is 9.19. The molecule has 5 aromatic rings. The van der Waals surface area contributed by atoms with Gasteiger partial charge in [0.15, 0.2) is 11.6 Å². The smallest absolute Gasteiger partial charge is 0.159 e. The van der Waals surface area contributed by atoms with Crippen LogP contribution in [0, 0.1) is 35.2 Å². The maximum absolute atomic E-state index is 12.7. The fraction of sp³-hybridized carbons (Fsp3) is 0.464. The van der Waals surface area contributed by atoms with Gasteiger partial charge in [0.05, 0.1) is 7.11 Å². The highest BCUT2D eigenvalue weighted by Gasteiger charge is 2.26. The van der Waals surface area contributed by atoms with Crippen LogP contribution in [-0.4, -0.2) is 7.11 Å². The van der Waals surface area contributed by atoms with Crippen molar-refractivity contribution in [3.05, 3.63) is 172 Å². The predicted octanol–water partition coefficient (Wildman–Crippen LogP) is 17.5. The minimum absolute atomic E-state index is 0.126. The topological polar surface area (TPSA) is 9.23 Å². The van der Waals surface area contributed by atoms with Gasteiger partial charge in [-0.2, -0.15) is 0 Å². The van der Waals surface area contributed by atoms with E-state index in [0.29, 0.717) is 5.92 Å². The molecule has 3 saturated carbocycles. The summed E-state index contributed by atoms with van der Waals surface area (Å²) in [5.41, 5.74) is 6.52. The average Bonchev–Trinajstić information content (AvgIpc) is 4.11. The lowest BCUT2D eigenvalue weighted by Gasteiger charge is -2.10. The molecule has 8 rings (SSSR count). The summed E-state index contributed by atoms with van der Waals surface area (Å²) in [5.74, 6) is 4.42. The van der Waals surface area contributed by atoms with Gasteiger partial charge in [-0.1, -0.05) is 138 Å². The summed E-state index contributed by atoms with van der Waals surface area (Å²) in [4.78, 5) is 0.